The summed E-state index contributed by atoms with van der Waals surface area (Å²) in [6.07, 6.45) is -5.78. The van der Waals surface area contributed by atoms with Crippen LogP contribution in [0.1, 0.15) is 24.1 Å². The molecule has 1 aromatic carbocycles. The first-order valence-corrected chi connectivity index (χ1v) is 5.45. The molecule has 0 spiro atoms. The van der Waals surface area contributed by atoms with Crippen molar-refractivity contribution in [1.82, 2.24) is 5.32 Å². The van der Waals surface area contributed by atoms with Gasteiger partial charge in [-0.1, -0.05) is 12.1 Å². The first-order valence-electron chi connectivity index (χ1n) is 5.45. The number of hydrogen-bond donors (Lipinski definition) is 1. The number of amides is 1. The number of rotatable bonds is 3. The van der Waals surface area contributed by atoms with Crippen molar-refractivity contribution in [3.63, 3.8) is 0 Å². The van der Waals surface area contributed by atoms with Gasteiger partial charge in [0, 0.05) is 0 Å². The predicted molar refractivity (Wildman–Crippen MR) is 60.1 cm³/mol. The van der Waals surface area contributed by atoms with Crippen LogP contribution < -0.4 is 5.32 Å². The Morgan fingerprint density at radius 3 is 2.58 bits per heavy atom. The molecule has 0 bridgehead atoms. The molecule has 0 saturated heterocycles. The fraction of sp³-hybridized carbons (Fsp3) is 0.417. The SMILES string of the molecule is Cc1ccc(C(C)NC(=O)OCC(F)(F)F)cc1F. The van der Waals surface area contributed by atoms with E-state index in [4.69, 9.17) is 0 Å². The van der Waals surface area contributed by atoms with E-state index in [1.165, 1.54) is 19.1 Å². The molecule has 1 atom stereocenters. The van der Waals surface area contributed by atoms with E-state index in [1.807, 2.05) is 0 Å². The Hall–Kier alpha value is -1.79. The number of halogens is 4. The summed E-state index contributed by atoms with van der Waals surface area (Å²) in [5.41, 5.74) is 0.877. The van der Waals surface area contributed by atoms with Crippen molar-refractivity contribution in [3.05, 3.63) is 35.1 Å². The highest BCUT2D eigenvalue weighted by atomic mass is 19.4. The molecule has 1 rings (SSSR count). The normalized spacial score (nSPS) is 12.9. The van der Waals surface area contributed by atoms with Gasteiger partial charge in [0.1, 0.15) is 5.82 Å². The van der Waals surface area contributed by atoms with E-state index in [9.17, 15) is 22.4 Å². The molecule has 0 aliphatic heterocycles. The monoisotopic (exact) mass is 279 g/mol. The topological polar surface area (TPSA) is 38.3 Å². The molecular weight excluding hydrogens is 266 g/mol. The molecule has 0 aliphatic carbocycles. The van der Waals surface area contributed by atoms with Gasteiger partial charge in [-0.15, -0.1) is 0 Å². The first-order chi connectivity index (χ1) is 8.69. The molecule has 19 heavy (non-hydrogen) atoms. The largest absolute Gasteiger partial charge is 0.440 e. The lowest BCUT2D eigenvalue weighted by Gasteiger charge is -2.15. The fourth-order valence-corrected chi connectivity index (χ4v) is 1.33. The molecule has 3 nitrogen and oxygen atoms in total. The number of carbonyl (C=O) groups excluding carboxylic acids is 1. The maximum atomic E-state index is 13.3. The Morgan fingerprint density at radius 1 is 1.42 bits per heavy atom. The van der Waals surface area contributed by atoms with Crippen molar-refractivity contribution >= 4 is 6.09 Å². The van der Waals surface area contributed by atoms with Gasteiger partial charge >= 0.3 is 12.3 Å². The van der Waals surface area contributed by atoms with Crippen LogP contribution in [0.3, 0.4) is 0 Å². The number of benzene rings is 1. The highest BCUT2D eigenvalue weighted by Gasteiger charge is 2.29. The molecule has 0 heterocycles. The lowest BCUT2D eigenvalue weighted by molar-refractivity contribution is -0.160. The maximum absolute atomic E-state index is 13.3. The van der Waals surface area contributed by atoms with Crippen molar-refractivity contribution in [3.8, 4) is 0 Å². The van der Waals surface area contributed by atoms with E-state index in [2.05, 4.69) is 10.1 Å². The average Bonchev–Trinajstić information content (AvgIpc) is 2.29. The Labute approximate surface area is 107 Å². The van der Waals surface area contributed by atoms with Gasteiger partial charge in [-0.05, 0) is 31.0 Å². The first kappa shape index (κ1) is 15.3. The molecule has 0 fully saturated rings. The Balaban J connectivity index is 2.56. The summed E-state index contributed by atoms with van der Waals surface area (Å²) in [5.74, 6) is -0.449. The average molecular weight is 279 g/mol. The molecule has 1 amide bonds. The van der Waals surface area contributed by atoms with Crippen LogP contribution in [0.4, 0.5) is 22.4 Å². The number of carbonyl (C=O) groups is 1. The van der Waals surface area contributed by atoms with Crippen LogP contribution in [0, 0.1) is 12.7 Å². The Bertz CT molecular complexity index is 460. The van der Waals surface area contributed by atoms with Crippen LogP contribution >= 0.6 is 0 Å². The highest BCUT2D eigenvalue weighted by molar-refractivity contribution is 5.67. The molecule has 0 aliphatic rings. The van der Waals surface area contributed by atoms with E-state index in [-0.39, 0.29) is 0 Å². The van der Waals surface area contributed by atoms with Gasteiger partial charge in [-0.2, -0.15) is 13.2 Å². The lowest BCUT2D eigenvalue weighted by atomic mass is 10.1. The van der Waals surface area contributed by atoms with E-state index in [0.717, 1.165) is 0 Å². The molecular formula is C12H13F4NO2. The minimum atomic E-state index is -4.57. The number of alkyl halides is 3. The molecule has 0 aromatic heterocycles. The zero-order valence-electron chi connectivity index (χ0n) is 10.3. The van der Waals surface area contributed by atoms with Gasteiger partial charge in [0.2, 0.25) is 0 Å². The number of ether oxygens (including phenoxy) is 1. The van der Waals surface area contributed by atoms with Crippen LogP contribution in [0.5, 0.6) is 0 Å². The van der Waals surface area contributed by atoms with E-state index in [0.29, 0.717) is 11.1 Å². The number of aryl methyl sites for hydroxylation is 1. The number of hydrogen-bond acceptors (Lipinski definition) is 2. The molecule has 1 N–H and O–H groups in total. The summed E-state index contributed by atoms with van der Waals surface area (Å²) < 4.78 is 52.7. The molecule has 0 radical (unpaired) electrons. The van der Waals surface area contributed by atoms with Gasteiger partial charge in [-0.25, -0.2) is 9.18 Å². The second-order valence-electron chi connectivity index (χ2n) is 4.07. The van der Waals surface area contributed by atoms with Crippen LogP contribution in [-0.4, -0.2) is 18.9 Å². The molecule has 0 saturated carbocycles. The third-order valence-electron chi connectivity index (χ3n) is 2.40. The van der Waals surface area contributed by atoms with Gasteiger partial charge in [0.15, 0.2) is 6.61 Å². The second kappa shape index (κ2) is 5.90. The van der Waals surface area contributed by atoms with Gasteiger partial charge in [-0.3, -0.25) is 0 Å². The van der Waals surface area contributed by atoms with Gasteiger partial charge < -0.3 is 10.1 Å². The van der Waals surface area contributed by atoms with Gasteiger partial charge in [0.25, 0.3) is 0 Å². The van der Waals surface area contributed by atoms with Crippen LogP contribution in [0.2, 0.25) is 0 Å². The zero-order chi connectivity index (χ0) is 14.6. The molecule has 106 valence electrons. The van der Waals surface area contributed by atoms with Gasteiger partial charge in [0.05, 0.1) is 6.04 Å². The summed E-state index contributed by atoms with van der Waals surface area (Å²) in [4.78, 5) is 11.1. The van der Waals surface area contributed by atoms with Crippen molar-refractivity contribution in [2.75, 3.05) is 6.61 Å². The lowest BCUT2D eigenvalue weighted by Crippen LogP contribution is -2.31. The minimum Gasteiger partial charge on any atom is -0.440 e. The zero-order valence-corrected chi connectivity index (χ0v) is 10.3. The summed E-state index contributed by atoms with van der Waals surface area (Å²) >= 11 is 0. The quantitative estimate of drug-likeness (QED) is 0.860. The molecule has 7 heteroatoms. The number of nitrogens with one attached hydrogen (secondary N) is 1. The van der Waals surface area contributed by atoms with Crippen LogP contribution in [0.25, 0.3) is 0 Å². The van der Waals surface area contributed by atoms with E-state index in [1.54, 1.807) is 13.0 Å². The molecule has 1 unspecified atom stereocenters. The Morgan fingerprint density at radius 2 is 2.05 bits per heavy atom. The summed E-state index contributed by atoms with van der Waals surface area (Å²) in [5, 5.41) is 2.19. The van der Waals surface area contributed by atoms with Crippen LogP contribution in [0.15, 0.2) is 18.2 Å². The van der Waals surface area contributed by atoms with Crippen molar-refractivity contribution in [2.24, 2.45) is 0 Å². The van der Waals surface area contributed by atoms with E-state index >= 15 is 0 Å². The van der Waals surface area contributed by atoms with Crippen LogP contribution in [-0.2, 0) is 4.74 Å². The van der Waals surface area contributed by atoms with Crippen molar-refractivity contribution in [2.45, 2.75) is 26.1 Å². The standard InChI is InChI=1S/C12H13F4NO2/c1-7-3-4-9(5-10(7)13)8(2)17-11(18)19-6-12(14,15)16/h3-5,8H,6H2,1-2H3,(H,17,18). The Kier molecular flexibility index (Phi) is 4.74. The third-order valence-corrected chi connectivity index (χ3v) is 2.40. The maximum Gasteiger partial charge on any atom is 0.422 e. The molecule has 1 aromatic rings. The minimum absolute atomic E-state index is 0.437. The smallest absolute Gasteiger partial charge is 0.422 e. The van der Waals surface area contributed by atoms with Crippen molar-refractivity contribution < 1.29 is 27.1 Å². The van der Waals surface area contributed by atoms with E-state index < -0.39 is 30.7 Å². The summed E-state index contributed by atoms with van der Waals surface area (Å²) in [6.45, 7) is 1.43. The fourth-order valence-electron chi connectivity index (χ4n) is 1.33. The summed E-state index contributed by atoms with van der Waals surface area (Å²) in [7, 11) is 0. The summed E-state index contributed by atoms with van der Waals surface area (Å²) in [6, 6.07) is 3.65. The predicted octanol–water partition coefficient (Wildman–Crippen LogP) is 3.48. The number of alkyl carbamates (subject to hydrolysis) is 1. The highest BCUT2D eigenvalue weighted by Crippen LogP contribution is 2.17. The third kappa shape index (κ3) is 5.15. The second-order valence-corrected chi connectivity index (χ2v) is 4.07. The van der Waals surface area contributed by atoms with Crippen molar-refractivity contribution in [1.29, 1.82) is 0 Å².